The maximum atomic E-state index is 12.5. The second-order valence-electron chi connectivity index (χ2n) is 5.94. The molecule has 4 rings (SSSR count). The number of carbonyl (C=O) groups excluding carboxylic acids is 2. The van der Waals surface area contributed by atoms with E-state index in [1.807, 2.05) is 6.07 Å². The summed E-state index contributed by atoms with van der Waals surface area (Å²) >= 11 is 0. The number of rotatable bonds is 2. The van der Waals surface area contributed by atoms with Crippen LogP contribution in [0.2, 0.25) is 0 Å². The predicted octanol–water partition coefficient (Wildman–Crippen LogP) is 0.308. The molecule has 0 bridgehead atoms. The first-order valence-electron chi connectivity index (χ1n) is 7.75. The van der Waals surface area contributed by atoms with Crippen LogP contribution in [-0.2, 0) is 10.1 Å². The quantitative estimate of drug-likeness (QED) is 0.359. The topological polar surface area (TPSA) is 91.3 Å². The normalized spacial score (nSPS) is 12.8. The first-order chi connectivity index (χ1) is 12.4. The molecule has 0 saturated heterocycles. The van der Waals surface area contributed by atoms with Crippen molar-refractivity contribution >= 4 is 21.7 Å². The van der Waals surface area contributed by atoms with Crippen molar-refractivity contribution in [2.24, 2.45) is 0 Å². The zero-order valence-corrected chi connectivity index (χ0v) is 17.1. The molecule has 0 unspecified atom stereocenters. The van der Waals surface area contributed by atoms with E-state index < -0.39 is 21.7 Å². The van der Waals surface area contributed by atoms with Crippen molar-refractivity contribution in [1.29, 1.82) is 0 Å². The van der Waals surface area contributed by atoms with Crippen LogP contribution in [0, 0.1) is 0 Å². The summed E-state index contributed by atoms with van der Waals surface area (Å²) in [7, 11) is -4.51. The number of ketones is 2. The number of fused-ring (bicyclic) bond motifs is 3. The molecular weight excluding hydrogens is 375 g/mol. The number of hydrogen-bond donors (Lipinski definition) is 0. The molecule has 0 aromatic heterocycles. The van der Waals surface area contributed by atoms with Gasteiger partial charge in [0, 0.05) is 11.1 Å². The van der Waals surface area contributed by atoms with E-state index in [0.29, 0.717) is 33.4 Å². The van der Waals surface area contributed by atoms with Crippen LogP contribution in [0.25, 0.3) is 22.3 Å². The summed E-state index contributed by atoms with van der Waals surface area (Å²) in [4.78, 5) is 24.5. The fourth-order valence-electron chi connectivity index (χ4n) is 3.12. The standard InChI is InChI=1S/C20H12O5S.Na/c21-19-17-4-2-1-3-15(17)16-10-7-13(11-18(16)20(19)22)12-5-8-14(9-6-12)26(23,24)25;/h1-11H,(H,23,24,25);/q;+1/p-1. The van der Waals surface area contributed by atoms with Crippen molar-refractivity contribution in [2.75, 3.05) is 0 Å². The van der Waals surface area contributed by atoms with Gasteiger partial charge in [-0.05, 0) is 40.5 Å². The fourth-order valence-corrected chi connectivity index (χ4v) is 3.59. The van der Waals surface area contributed by atoms with Gasteiger partial charge in [0.1, 0.15) is 10.1 Å². The zero-order valence-electron chi connectivity index (χ0n) is 14.3. The molecule has 7 heteroatoms. The number of hydrogen-bond acceptors (Lipinski definition) is 5. The first kappa shape index (κ1) is 19.7. The summed E-state index contributed by atoms with van der Waals surface area (Å²) in [5.41, 5.74) is 3.40. The molecule has 3 aromatic carbocycles. The van der Waals surface area contributed by atoms with Crippen LogP contribution in [-0.4, -0.2) is 24.5 Å². The average Bonchev–Trinajstić information content (AvgIpc) is 2.65. The van der Waals surface area contributed by atoms with Crippen LogP contribution in [0.1, 0.15) is 20.7 Å². The Balaban J connectivity index is 0.00000210. The number of benzene rings is 3. The van der Waals surface area contributed by atoms with Gasteiger partial charge >= 0.3 is 29.6 Å². The Morgan fingerprint density at radius 2 is 1.15 bits per heavy atom. The van der Waals surface area contributed by atoms with Crippen LogP contribution >= 0.6 is 0 Å². The van der Waals surface area contributed by atoms with E-state index in [-0.39, 0.29) is 34.5 Å². The summed E-state index contributed by atoms with van der Waals surface area (Å²) in [6, 6.07) is 17.6. The van der Waals surface area contributed by atoms with Gasteiger partial charge in [0.25, 0.3) is 0 Å². The van der Waals surface area contributed by atoms with Crippen LogP contribution in [0.3, 0.4) is 0 Å². The van der Waals surface area contributed by atoms with Crippen molar-refractivity contribution in [3.63, 3.8) is 0 Å². The van der Waals surface area contributed by atoms with Gasteiger partial charge in [0.15, 0.2) is 0 Å². The maximum Gasteiger partial charge on any atom is 1.00 e. The summed E-state index contributed by atoms with van der Waals surface area (Å²) in [5.74, 6) is -1.11. The Labute approximate surface area is 178 Å². The third kappa shape index (κ3) is 3.42. The van der Waals surface area contributed by atoms with Crippen LogP contribution in [0.15, 0.2) is 71.6 Å². The molecule has 27 heavy (non-hydrogen) atoms. The summed E-state index contributed by atoms with van der Waals surface area (Å²) in [6.07, 6.45) is 0. The van der Waals surface area contributed by atoms with Crippen LogP contribution in [0.4, 0.5) is 0 Å². The van der Waals surface area contributed by atoms with Gasteiger partial charge in [-0.3, -0.25) is 9.59 Å². The van der Waals surface area contributed by atoms with Gasteiger partial charge in [-0.25, -0.2) is 8.42 Å². The van der Waals surface area contributed by atoms with Gasteiger partial charge in [-0.1, -0.05) is 48.5 Å². The van der Waals surface area contributed by atoms with E-state index in [1.165, 1.54) is 24.3 Å². The molecule has 0 fully saturated rings. The van der Waals surface area contributed by atoms with Gasteiger partial charge in [0.2, 0.25) is 11.6 Å². The second-order valence-corrected chi connectivity index (χ2v) is 7.32. The third-order valence-corrected chi connectivity index (χ3v) is 5.26. The Bertz CT molecular complexity index is 1180. The monoisotopic (exact) mass is 386 g/mol. The van der Waals surface area contributed by atoms with E-state index >= 15 is 0 Å². The average molecular weight is 386 g/mol. The Kier molecular flexibility index (Phi) is 5.20. The molecule has 1 aliphatic rings. The van der Waals surface area contributed by atoms with E-state index in [2.05, 4.69) is 0 Å². The Morgan fingerprint density at radius 3 is 1.78 bits per heavy atom. The van der Waals surface area contributed by atoms with E-state index in [4.69, 9.17) is 0 Å². The molecule has 128 valence electrons. The van der Waals surface area contributed by atoms with E-state index in [1.54, 1.807) is 36.4 Å². The second kappa shape index (κ2) is 7.14. The molecule has 0 spiro atoms. The molecule has 3 aromatic rings. The molecule has 0 saturated carbocycles. The molecule has 1 aliphatic carbocycles. The largest absolute Gasteiger partial charge is 1.00 e. The van der Waals surface area contributed by atoms with Crippen molar-refractivity contribution in [1.82, 2.24) is 0 Å². The minimum atomic E-state index is -4.51. The first-order valence-corrected chi connectivity index (χ1v) is 9.16. The fraction of sp³-hybridized carbons (Fsp3) is 0. The Morgan fingerprint density at radius 1 is 0.630 bits per heavy atom. The number of Topliss-reactive ketones (excluding diaryl/α,β-unsaturated/α-hetero) is 2. The molecule has 0 heterocycles. The van der Waals surface area contributed by atoms with Crippen molar-refractivity contribution in [3.8, 4) is 22.3 Å². The predicted molar refractivity (Wildman–Crippen MR) is 93.9 cm³/mol. The van der Waals surface area contributed by atoms with Crippen molar-refractivity contribution in [3.05, 3.63) is 77.9 Å². The van der Waals surface area contributed by atoms with Crippen LogP contribution < -0.4 is 29.6 Å². The molecule has 0 aliphatic heterocycles. The smallest absolute Gasteiger partial charge is 0.744 e. The molecule has 0 atom stereocenters. The molecule has 0 radical (unpaired) electrons. The van der Waals surface area contributed by atoms with Gasteiger partial charge in [-0.2, -0.15) is 0 Å². The Hall–Kier alpha value is -2.09. The molecule has 0 N–H and O–H groups in total. The van der Waals surface area contributed by atoms with Crippen molar-refractivity contribution in [2.45, 2.75) is 4.90 Å². The van der Waals surface area contributed by atoms with Crippen molar-refractivity contribution < 1.29 is 52.1 Å². The van der Waals surface area contributed by atoms with E-state index in [0.717, 1.165) is 0 Å². The summed E-state index contributed by atoms with van der Waals surface area (Å²) in [5, 5.41) is 0. The maximum absolute atomic E-state index is 12.5. The zero-order chi connectivity index (χ0) is 18.5. The SMILES string of the molecule is O=C1C(=O)c2cc(-c3ccc(S(=O)(=O)[O-])cc3)ccc2-c2ccccc21.[Na+]. The summed E-state index contributed by atoms with van der Waals surface area (Å²) in [6.45, 7) is 0. The van der Waals surface area contributed by atoms with Gasteiger partial charge < -0.3 is 4.55 Å². The van der Waals surface area contributed by atoms with Gasteiger partial charge in [0.05, 0.1) is 4.90 Å². The minimum absolute atomic E-state index is 0. The third-order valence-electron chi connectivity index (χ3n) is 4.41. The number of carbonyl (C=O) groups is 2. The minimum Gasteiger partial charge on any atom is -0.744 e. The van der Waals surface area contributed by atoms with Gasteiger partial charge in [-0.15, -0.1) is 0 Å². The summed E-state index contributed by atoms with van der Waals surface area (Å²) < 4.78 is 33.1. The molecule has 0 amide bonds. The molecule has 5 nitrogen and oxygen atoms in total. The van der Waals surface area contributed by atoms with E-state index in [9.17, 15) is 22.6 Å². The van der Waals surface area contributed by atoms with Crippen LogP contribution in [0.5, 0.6) is 0 Å². The molecular formula is C20H11NaO5S.